The third-order valence-electron chi connectivity index (χ3n) is 2.87. The van der Waals surface area contributed by atoms with Crippen LogP contribution in [-0.4, -0.2) is 0 Å². The van der Waals surface area contributed by atoms with Crippen LogP contribution in [0.5, 0.6) is 0 Å². The van der Waals surface area contributed by atoms with Gasteiger partial charge in [-0.3, -0.25) is 0 Å². The molecule has 3 heteroatoms. The van der Waals surface area contributed by atoms with Gasteiger partial charge < -0.3 is 6.42 Å². The average Bonchev–Trinajstić information content (AvgIpc) is 2.74. The molecule has 0 heterocycles. The van der Waals surface area contributed by atoms with E-state index in [2.05, 4.69) is 49.8 Å². The fraction of sp³-hybridized carbons (Fsp3) is 0.357. The number of hydrogen-bond acceptors (Lipinski definition) is 0. The van der Waals surface area contributed by atoms with Crippen molar-refractivity contribution < 1.29 is 20.8 Å². The molecular weight excluding hydrogens is 330 g/mol. The summed E-state index contributed by atoms with van der Waals surface area (Å²) in [5.41, 5.74) is 2.92. The van der Waals surface area contributed by atoms with Crippen LogP contribution in [0.1, 0.15) is 43.2 Å². The van der Waals surface area contributed by atoms with Crippen LogP contribution in [0.4, 0.5) is 0 Å². The molecule has 1 atom stereocenters. The summed E-state index contributed by atoms with van der Waals surface area (Å²) in [5, 5.41) is 0. The summed E-state index contributed by atoms with van der Waals surface area (Å²) in [6.07, 6.45) is 10.7. The van der Waals surface area contributed by atoms with Gasteiger partial charge in [-0.25, -0.2) is 0 Å². The van der Waals surface area contributed by atoms with Crippen LogP contribution < -0.4 is 0 Å². The molecule has 0 saturated carbocycles. The number of unbranched alkanes of at least 4 members (excludes halogenated alkanes) is 2. The van der Waals surface area contributed by atoms with Crippen LogP contribution in [-0.2, 0) is 20.8 Å². The molecule has 1 unspecified atom stereocenters. The van der Waals surface area contributed by atoms with Gasteiger partial charge in [-0.15, -0.1) is 0 Å². The number of allylic oxidation sites excluding steroid dienone is 1. The first-order valence-corrected chi connectivity index (χ1v) is 12.2. The van der Waals surface area contributed by atoms with E-state index in [0.717, 1.165) is 0 Å². The molecule has 0 amide bonds. The summed E-state index contributed by atoms with van der Waals surface area (Å²) >= 11 is -0.826. The third-order valence-corrected chi connectivity index (χ3v) is 2.87. The number of halogens is 2. The Balaban J connectivity index is 0.000000437. The topological polar surface area (TPSA) is 0 Å². The summed E-state index contributed by atoms with van der Waals surface area (Å²) in [6.45, 7) is 2.21. The first-order valence-electron chi connectivity index (χ1n) is 5.88. The monoisotopic (exact) mass is 345 g/mol. The molecule has 0 fully saturated rings. The fourth-order valence-electron chi connectivity index (χ4n) is 2.08. The number of rotatable bonds is 4. The summed E-state index contributed by atoms with van der Waals surface area (Å²) < 4.78 is 0. The number of fused-ring (bicyclic) bond motifs is 1. The van der Waals surface area contributed by atoms with E-state index in [1.807, 2.05) is 0 Å². The Kier molecular flexibility index (Phi) is 8.53. The predicted octanol–water partition coefficient (Wildman–Crippen LogP) is 5.57. The minimum absolute atomic E-state index is 0.661. The van der Waals surface area contributed by atoms with E-state index in [9.17, 15) is 0 Å². The van der Waals surface area contributed by atoms with Gasteiger partial charge in [0.2, 0.25) is 0 Å². The molecule has 1 aromatic carbocycles. The molecule has 0 spiro atoms. The Morgan fingerprint density at radius 2 is 2.00 bits per heavy atom. The van der Waals surface area contributed by atoms with Crippen molar-refractivity contribution >= 4 is 23.1 Å². The van der Waals surface area contributed by atoms with Crippen LogP contribution in [0.15, 0.2) is 30.3 Å². The standard InChI is InChI=1S/C14H17.2ClH.Zr/c1-2-3-4-7-12-10-11-13-8-5-6-9-14(12)13;;;/h3,5-6,8-12H,2,4,7H2,1H3;2*1H;/q-1;;;+2/p-2. The Morgan fingerprint density at radius 3 is 2.71 bits per heavy atom. The van der Waals surface area contributed by atoms with Crippen molar-refractivity contribution in [1.29, 1.82) is 0 Å². The van der Waals surface area contributed by atoms with Gasteiger partial charge in [0.1, 0.15) is 0 Å². The fourth-order valence-corrected chi connectivity index (χ4v) is 2.08. The minimum atomic E-state index is -0.826. The van der Waals surface area contributed by atoms with Gasteiger partial charge in [0.25, 0.3) is 0 Å². The molecule has 1 aromatic rings. The van der Waals surface area contributed by atoms with Crippen LogP contribution >= 0.6 is 17.0 Å². The second kappa shape index (κ2) is 9.37. The van der Waals surface area contributed by atoms with E-state index in [1.165, 1.54) is 30.4 Å². The molecule has 1 aliphatic carbocycles. The van der Waals surface area contributed by atoms with E-state index in [4.69, 9.17) is 17.0 Å². The van der Waals surface area contributed by atoms with Gasteiger partial charge in [-0.05, 0) is 11.1 Å². The van der Waals surface area contributed by atoms with Crippen molar-refractivity contribution in [2.75, 3.05) is 0 Å². The van der Waals surface area contributed by atoms with Crippen LogP contribution in [0, 0.1) is 6.42 Å². The molecule has 92 valence electrons. The summed E-state index contributed by atoms with van der Waals surface area (Å²) in [6, 6.07) is 8.72. The van der Waals surface area contributed by atoms with E-state index >= 15 is 0 Å². The van der Waals surface area contributed by atoms with Crippen molar-refractivity contribution in [3.8, 4) is 0 Å². The molecule has 1 aliphatic rings. The molecule has 0 aliphatic heterocycles. The Hall–Kier alpha value is 0.423. The first-order chi connectivity index (χ1) is 8.33. The summed E-state index contributed by atoms with van der Waals surface area (Å²) in [7, 11) is 9.87. The molecular formula is C14H17Cl2Zr-. The van der Waals surface area contributed by atoms with Gasteiger partial charge in [0.15, 0.2) is 0 Å². The maximum atomic E-state index is 4.93. The van der Waals surface area contributed by atoms with E-state index < -0.39 is 20.8 Å². The van der Waals surface area contributed by atoms with Crippen molar-refractivity contribution in [1.82, 2.24) is 0 Å². The second-order valence-corrected chi connectivity index (χ2v) is 7.67. The first kappa shape index (κ1) is 15.5. The van der Waals surface area contributed by atoms with E-state index in [1.54, 1.807) is 0 Å². The number of hydrogen-bond donors (Lipinski definition) is 0. The molecule has 0 N–H and O–H groups in total. The molecule has 0 aromatic heterocycles. The predicted molar refractivity (Wildman–Crippen MR) is 73.7 cm³/mol. The van der Waals surface area contributed by atoms with Gasteiger partial charge in [-0.1, -0.05) is 49.8 Å². The van der Waals surface area contributed by atoms with Gasteiger partial charge >= 0.3 is 37.9 Å². The van der Waals surface area contributed by atoms with Crippen LogP contribution in [0.25, 0.3) is 6.08 Å². The normalized spacial score (nSPS) is 16.1. The van der Waals surface area contributed by atoms with E-state index in [-0.39, 0.29) is 0 Å². The van der Waals surface area contributed by atoms with Gasteiger partial charge in [-0.2, -0.15) is 12.8 Å². The van der Waals surface area contributed by atoms with Gasteiger partial charge in [0.05, 0.1) is 0 Å². The Labute approximate surface area is 123 Å². The van der Waals surface area contributed by atoms with Crippen molar-refractivity contribution in [3.05, 3.63) is 47.9 Å². The van der Waals surface area contributed by atoms with Crippen molar-refractivity contribution in [2.45, 2.75) is 32.1 Å². The second-order valence-electron chi connectivity index (χ2n) is 3.94. The summed E-state index contributed by atoms with van der Waals surface area (Å²) in [5.74, 6) is 0.661. The molecule has 0 saturated heterocycles. The SMILES string of the molecule is CC[CH-]CCC1C=Cc2ccccc21.[Cl][Zr][Cl]. The third kappa shape index (κ3) is 5.29. The molecule has 2 rings (SSSR count). The summed E-state index contributed by atoms with van der Waals surface area (Å²) in [4.78, 5) is 0. The van der Waals surface area contributed by atoms with E-state index in [0.29, 0.717) is 5.92 Å². The number of benzene rings is 1. The zero-order valence-corrected chi connectivity index (χ0v) is 14.0. The molecule has 0 nitrogen and oxygen atoms in total. The van der Waals surface area contributed by atoms with Gasteiger partial charge in [0, 0.05) is 5.92 Å². The molecule has 0 bridgehead atoms. The zero-order chi connectivity index (χ0) is 12.5. The van der Waals surface area contributed by atoms with Crippen LogP contribution in [0.3, 0.4) is 0 Å². The zero-order valence-electron chi connectivity index (χ0n) is 10.00. The van der Waals surface area contributed by atoms with Crippen molar-refractivity contribution in [2.24, 2.45) is 0 Å². The maximum absolute atomic E-state index is 4.93. The van der Waals surface area contributed by atoms with Crippen LogP contribution in [0.2, 0.25) is 0 Å². The van der Waals surface area contributed by atoms with Crippen molar-refractivity contribution in [3.63, 3.8) is 0 Å². The molecule has 17 heavy (non-hydrogen) atoms. The Morgan fingerprint density at radius 1 is 1.29 bits per heavy atom. The quantitative estimate of drug-likeness (QED) is 0.493. The molecule has 0 radical (unpaired) electrons. The Bertz CT molecular complexity index is 350. The average molecular weight is 347 g/mol.